The van der Waals surface area contributed by atoms with Gasteiger partial charge in [0.1, 0.15) is 5.82 Å². The second-order valence-electron chi connectivity index (χ2n) is 5.11. The summed E-state index contributed by atoms with van der Waals surface area (Å²) in [7, 11) is 0. The van der Waals surface area contributed by atoms with Gasteiger partial charge < -0.3 is 10.4 Å². The van der Waals surface area contributed by atoms with Crippen LogP contribution in [0.3, 0.4) is 0 Å². The Morgan fingerprint density at radius 2 is 2.00 bits per heavy atom. The summed E-state index contributed by atoms with van der Waals surface area (Å²) in [5.41, 5.74) is 1.06. The molecular formula is C16H14FNO2. The number of aryl methyl sites for hydroxylation is 1. The number of carbonyl (C=O) groups is 1. The Morgan fingerprint density at radius 1 is 1.25 bits per heavy atom. The molecule has 0 fully saturated rings. The van der Waals surface area contributed by atoms with E-state index in [1.54, 1.807) is 37.3 Å². The molecule has 0 aliphatic carbocycles. The van der Waals surface area contributed by atoms with Crippen LogP contribution in [0, 0.1) is 12.7 Å². The first-order valence-corrected chi connectivity index (χ1v) is 6.39. The predicted molar refractivity (Wildman–Crippen MR) is 73.8 cm³/mol. The molecule has 20 heavy (non-hydrogen) atoms. The lowest BCUT2D eigenvalue weighted by molar-refractivity contribution is -0.133. The number of halogens is 1. The van der Waals surface area contributed by atoms with Crippen molar-refractivity contribution in [3.05, 3.63) is 65.0 Å². The average Bonchev–Trinajstić information content (AvgIpc) is 2.66. The maximum Gasteiger partial charge on any atom is 0.261 e. The van der Waals surface area contributed by atoms with E-state index < -0.39 is 11.5 Å². The fourth-order valence-electron chi connectivity index (χ4n) is 2.61. The van der Waals surface area contributed by atoms with Crippen LogP contribution < -0.4 is 5.32 Å². The smallest absolute Gasteiger partial charge is 0.261 e. The van der Waals surface area contributed by atoms with Crippen molar-refractivity contribution in [2.45, 2.75) is 18.9 Å². The highest BCUT2D eigenvalue weighted by molar-refractivity contribution is 6.05. The monoisotopic (exact) mass is 271 g/mol. The number of hydrogen-bond donors (Lipinski definition) is 2. The zero-order chi connectivity index (χ0) is 14.3. The summed E-state index contributed by atoms with van der Waals surface area (Å²) in [6.45, 7) is 1.76. The van der Waals surface area contributed by atoms with Crippen LogP contribution in [-0.4, -0.2) is 11.0 Å². The number of fused-ring (bicyclic) bond motifs is 1. The van der Waals surface area contributed by atoms with Gasteiger partial charge in [-0.3, -0.25) is 4.79 Å². The highest BCUT2D eigenvalue weighted by Gasteiger charge is 2.45. The maximum absolute atomic E-state index is 13.1. The van der Waals surface area contributed by atoms with Gasteiger partial charge >= 0.3 is 0 Å². The molecule has 0 spiro atoms. The summed E-state index contributed by atoms with van der Waals surface area (Å²) < 4.78 is 13.1. The Morgan fingerprint density at radius 3 is 2.75 bits per heavy atom. The lowest BCUT2D eigenvalue weighted by Crippen LogP contribution is -2.36. The first kappa shape index (κ1) is 12.8. The van der Waals surface area contributed by atoms with E-state index in [0.717, 1.165) is 11.1 Å². The largest absolute Gasteiger partial charge is 0.375 e. The Balaban J connectivity index is 2.03. The fraction of sp³-hybridized carbons (Fsp3) is 0.188. The Hall–Kier alpha value is -2.20. The minimum atomic E-state index is -1.60. The molecule has 2 aromatic rings. The fourth-order valence-corrected chi connectivity index (χ4v) is 2.61. The molecule has 1 aliphatic rings. The summed E-state index contributed by atoms with van der Waals surface area (Å²) in [5.74, 6) is -0.767. The second kappa shape index (κ2) is 4.42. The topological polar surface area (TPSA) is 49.3 Å². The Labute approximate surface area is 116 Å². The number of nitrogens with one attached hydrogen (secondary N) is 1. The number of rotatable bonds is 2. The summed E-state index contributed by atoms with van der Waals surface area (Å²) in [6.07, 6.45) is 0.127. The molecule has 102 valence electrons. The van der Waals surface area contributed by atoms with E-state index in [9.17, 15) is 14.3 Å². The standard InChI is InChI=1S/C16H14FNO2/c1-10-8-12(17)7-6-11(10)9-16(20)13-4-2-3-5-14(13)18-15(16)19/h2-8,20H,9H2,1H3,(H,18,19). The zero-order valence-corrected chi connectivity index (χ0v) is 11.0. The predicted octanol–water partition coefficient (Wildman–Crippen LogP) is 2.52. The third kappa shape index (κ3) is 1.89. The van der Waals surface area contributed by atoms with Gasteiger partial charge in [0.2, 0.25) is 0 Å². The van der Waals surface area contributed by atoms with Gasteiger partial charge in [0.15, 0.2) is 5.60 Å². The van der Waals surface area contributed by atoms with Crippen molar-refractivity contribution in [2.24, 2.45) is 0 Å². The Kier molecular flexibility index (Phi) is 2.83. The molecule has 1 aliphatic heterocycles. The number of aliphatic hydroxyl groups is 1. The molecule has 1 heterocycles. The third-order valence-corrected chi connectivity index (χ3v) is 3.75. The van der Waals surface area contributed by atoms with E-state index in [4.69, 9.17) is 0 Å². The van der Waals surface area contributed by atoms with Crippen molar-refractivity contribution in [2.75, 3.05) is 5.32 Å². The highest BCUT2D eigenvalue weighted by atomic mass is 19.1. The number of amides is 1. The number of benzene rings is 2. The molecule has 3 rings (SSSR count). The zero-order valence-electron chi connectivity index (χ0n) is 11.0. The van der Waals surface area contributed by atoms with Crippen LogP contribution in [0.15, 0.2) is 42.5 Å². The minimum Gasteiger partial charge on any atom is -0.375 e. The van der Waals surface area contributed by atoms with Gasteiger partial charge in [0, 0.05) is 17.7 Å². The molecule has 0 aromatic heterocycles. The summed E-state index contributed by atoms with van der Waals surface area (Å²) in [6, 6.07) is 11.4. The molecule has 1 unspecified atom stereocenters. The van der Waals surface area contributed by atoms with E-state index in [1.807, 2.05) is 0 Å². The minimum absolute atomic E-state index is 0.127. The van der Waals surface area contributed by atoms with Crippen LogP contribution in [-0.2, 0) is 16.8 Å². The lowest BCUT2D eigenvalue weighted by atomic mass is 9.87. The van der Waals surface area contributed by atoms with Gasteiger partial charge in [-0.1, -0.05) is 24.3 Å². The van der Waals surface area contributed by atoms with E-state index in [1.165, 1.54) is 12.1 Å². The van der Waals surface area contributed by atoms with Gasteiger partial charge in [-0.2, -0.15) is 0 Å². The average molecular weight is 271 g/mol. The molecule has 3 nitrogen and oxygen atoms in total. The van der Waals surface area contributed by atoms with E-state index >= 15 is 0 Å². The lowest BCUT2D eigenvalue weighted by Gasteiger charge is -2.22. The van der Waals surface area contributed by atoms with Crippen LogP contribution in [0.4, 0.5) is 10.1 Å². The number of carbonyl (C=O) groups excluding carboxylic acids is 1. The van der Waals surface area contributed by atoms with Crippen molar-refractivity contribution >= 4 is 11.6 Å². The highest BCUT2D eigenvalue weighted by Crippen LogP contribution is 2.38. The first-order valence-electron chi connectivity index (χ1n) is 6.39. The number of hydrogen-bond acceptors (Lipinski definition) is 2. The van der Waals surface area contributed by atoms with Gasteiger partial charge in [0.25, 0.3) is 5.91 Å². The van der Waals surface area contributed by atoms with Gasteiger partial charge in [-0.15, -0.1) is 0 Å². The molecule has 1 atom stereocenters. The van der Waals surface area contributed by atoms with Crippen LogP contribution in [0.1, 0.15) is 16.7 Å². The van der Waals surface area contributed by atoms with Crippen molar-refractivity contribution in [1.82, 2.24) is 0 Å². The van der Waals surface area contributed by atoms with Gasteiger partial charge in [-0.25, -0.2) is 4.39 Å². The van der Waals surface area contributed by atoms with Crippen molar-refractivity contribution in [3.8, 4) is 0 Å². The number of para-hydroxylation sites is 1. The molecule has 2 aromatic carbocycles. The molecule has 0 radical (unpaired) electrons. The number of anilines is 1. The van der Waals surface area contributed by atoms with Gasteiger partial charge in [0.05, 0.1) is 0 Å². The maximum atomic E-state index is 13.1. The van der Waals surface area contributed by atoms with Crippen LogP contribution >= 0.6 is 0 Å². The molecule has 2 N–H and O–H groups in total. The molecule has 0 bridgehead atoms. The quantitative estimate of drug-likeness (QED) is 0.881. The SMILES string of the molecule is Cc1cc(F)ccc1CC1(O)C(=O)Nc2ccccc21. The molecule has 1 amide bonds. The summed E-state index contributed by atoms with van der Waals surface area (Å²) in [4.78, 5) is 12.1. The van der Waals surface area contributed by atoms with Gasteiger partial charge in [-0.05, 0) is 36.2 Å². The van der Waals surface area contributed by atoms with Crippen LogP contribution in [0.2, 0.25) is 0 Å². The molecular weight excluding hydrogens is 257 g/mol. The molecule has 0 saturated carbocycles. The van der Waals surface area contributed by atoms with E-state index in [0.29, 0.717) is 11.3 Å². The molecule has 4 heteroatoms. The van der Waals surface area contributed by atoms with Crippen LogP contribution in [0.5, 0.6) is 0 Å². The Bertz CT molecular complexity index is 699. The van der Waals surface area contributed by atoms with Crippen molar-refractivity contribution in [1.29, 1.82) is 0 Å². The van der Waals surface area contributed by atoms with Crippen molar-refractivity contribution < 1.29 is 14.3 Å². The van der Waals surface area contributed by atoms with E-state index in [-0.39, 0.29) is 12.2 Å². The summed E-state index contributed by atoms with van der Waals surface area (Å²) >= 11 is 0. The second-order valence-corrected chi connectivity index (χ2v) is 5.11. The normalized spacial score (nSPS) is 20.6. The summed E-state index contributed by atoms with van der Waals surface area (Å²) in [5, 5.41) is 13.4. The third-order valence-electron chi connectivity index (χ3n) is 3.75. The van der Waals surface area contributed by atoms with Crippen molar-refractivity contribution in [3.63, 3.8) is 0 Å². The molecule has 0 saturated heterocycles. The first-order chi connectivity index (χ1) is 9.50. The van der Waals surface area contributed by atoms with Crippen LogP contribution in [0.25, 0.3) is 0 Å². The van der Waals surface area contributed by atoms with E-state index in [2.05, 4.69) is 5.32 Å².